The number of ether oxygens (including phenoxy) is 1. The lowest BCUT2D eigenvalue weighted by molar-refractivity contribution is 0.0106. The summed E-state index contributed by atoms with van der Waals surface area (Å²) in [5.41, 5.74) is 2.19. The summed E-state index contributed by atoms with van der Waals surface area (Å²) in [5.74, 6) is 0.0628. The van der Waals surface area contributed by atoms with Gasteiger partial charge in [-0.3, -0.25) is 0 Å². The summed E-state index contributed by atoms with van der Waals surface area (Å²) in [7, 11) is 0. The van der Waals surface area contributed by atoms with Crippen molar-refractivity contribution in [3.8, 4) is 0 Å². The molecule has 1 saturated heterocycles. The van der Waals surface area contributed by atoms with Crippen LogP contribution in [0, 0.1) is 5.82 Å². The van der Waals surface area contributed by atoms with E-state index in [4.69, 9.17) is 4.74 Å². The normalized spacial score (nSPS) is 22.3. The Morgan fingerprint density at radius 3 is 2.54 bits per heavy atom. The summed E-state index contributed by atoms with van der Waals surface area (Å²) in [5, 5.41) is 3.37. The summed E-state index contributed by atoms with van der Waals surface area (Å²) in [4.78, 5) is 0.822. The maximum atomic E-state index is 13.1. The van der Waals surface area contributed by atoms with Gasteiger partial charge in [0.25, 0.3) is 0 Å². The Labute approximate surface area is 145 Å². The zero-order valence-electron chi connectivity index (χ0n) is 13.7. The van der Waals surface area contributed by atoms with Crippen molar-refractivity contribution in [1.29, 1.82) is 0 Å². The number of hydrogen-bond donors (Lipinski definition) is 1. The van der Waals surface area contributed by atoms with Crippen LogP contribution in [-0.2, 0) is 22.5 Å². The highest BCUT2D eigenvalue weighted by Gasteiger charge is 2.27. The molecule has 1 N–H and O–H groups in total. The Hall–Kier alpha value is -1.40. The molecule has 0 aromatic heterocycles. The zero-order valence-corrected chi connectivity index (χ0v) is 14.5. The molecule has 0 spiro atoms. The number of halogens is 1. The van der Waals surface area contributed by atoms with Crippen molar-refractivity contribution in [1.82, 2.24) is 5.32 Å². The quantitative estimate of drug-likeness (QED) is 0.845. The Morgan fingerprint density at radius 2 is 1.88 bits per heavy atom. The van der Waals surface area contributed by atoms with Gasteiger partial charge in [0.15, 0.2) is 4.90 Å². The van der Waals surface area contributed by atoms with E-state index in [0.29, 0.717) is 6.61 Å². The predicted octanol–water partition coefficient (Wildman–Crippen LogP) is 3.23. The fraction of sp³-hybridized carbons (Fsp3) is 0.368. The molecule has 24 heavy (non-hydrogen) atoms. The average molecular weight is 347 g/mol. The highest BCUT2D eigenvalue weighted by molar-refractivity contribution is 7.90. The first-order chi connectivity index (χ1) is 11.6. The molecule has 1 unspecified atom stereocenters. The molecule has 0 radical (unpaired) electrons. The van der Waals surface area contributed by atoms with Gasteiger partial charge in [-0.15, -0.1) is 0 Å². The maximum absolute atomic E-state index is 13.1. The van der Waals surface area contributed by atoms with E-state index in [0.717, 1.165) is 35.5 Å². The van der Waals surface area contributed by atoms with Gasteiger partial charge in [-0.05, 0) is 59.5 Å². The van der Waals surface area contributed by atoms with Gasteiger partial charge < -0.3 is 14.6 Å². The minimum atomic E-state index is -0.960. The van der Waals surface area contributed by atoms with Crippen molar-refractivity contribution in [3.05, 3.63) is 65.5 Å². The molecule has 5 heteroatoms. The summed E-state index contributed by atoms with van der Waals surface area (Å²) < 4.78 is 30.7. The van der Waals surface area contributed by atoms with Crippen LogP contribution >= 0.6 is 0 Å². The van der Waals surface area contributed by atoms with E-state index in [1.54, 1.807) is 6.26 Å². The van der Waals surface area contributed by atoms with E-state index in [-0.39, 0.29) is 17.8 Å². The van der Waals surface area contributed by atoms with Gasteiger partial charge in [-0.1, -0.05) is 24.3 Å². The van der Waals surface area contributed by atoms with E-state index in [9.17, 15) is 8.94 Å². The number of rotatable bonds is 5. The topological polar surface area (TPSA) is 44.3 Å². The molecule has 3 rings (SSSR count). The average Bonchev–Trinajstić information content (AvgIpc) is 2.61. The molecule has 2 aromatic carbocycles. The second-order valence-corrected chi connectivity index (χ2v) is 7.48. The molecule has 0 saturated carbocycles. The Bertz CT molecular complexity index is 645. The molecular weight excluding hydrogens is 325 g/mol. The van der Waals surface area contributed by atoms with Gasteiger partial charge in [0.05, 0.1) is 12.7 Å². The van der Waals surface area contributed by atoms with E-state index >= 15 is 0 Å². The molecule has 128 valence electrons. The minimum Gasteiger partial charge on any atom is -0.612 e. The van der Waals surface area contributed by atoms with E-state index in [2.05, 4.69) is 5.32 Å². The Balaban J connectivity index is 1.64. The van der Waals surface area contributed by atoms with Gasteiger partial charge >= 0.3 is 0 Å². The van der Waals surface area contributed by atoms with E-state index in [1.165, 1.54) is 12.1 Å². The standard InChI is InChI=1S/C19H22FNO2S/c1-24(22)17-8-2-14(3-9-17)13-23-19-12-21-11-10-18(19)15-4-6-16(20)7-5-15/h2-9,18-19,21H,10-13H2,1H3/t18-,19+,24?/m1/s1. The second-order valence-electron chi connectivity index (χ2n) is 6.10. The van der Waals surface area contributed by atoms with Gasteiger partial charge in [-0.2, -0.15) is 0 Å². The molecule has 3 atom stereocenters. The monoisotopic (exact) mass is 347 g/mol. The number of benzene rings is 2. The third-order valence-electron chi connectivity index (χ3n) is 4.44. The van der Waals surface area contributed by atoms with Crippen molar-refractivity contribution in [2.24, 2.45) is 0 Å². The first-order valence-corrected chi connectivity index (χ1v) is 9.69. The van der Waals surface area contributed by atoms with E-state index in [1.807, 2.05) is 36.4 Å². The third-order valence-corrected chi connectivity index (χ3v) is 5.38. The summed E-state index contributed by atoms with van der Waals surface area (Å²) in [6, 6.07) is 14.4. The van der Waals surface area contributed by atoms with Crippen LogP contribution in [0.2, 0.25) is 0 Å². The zero-order chi connectivity index (χ0) is 16.9. The molecule has 0 bridgehead atoms. The molecule has 3 nitrogen and oxygen atoms in total. The first kappa shape index (κ1) is 17.4. The number of piperidine rings is 1. The van der Waals surface area contributed by atoms with Crippen LogP contribution in [0.5, 0.6) is 0 Å². The molecule has 1 fully saturated rings. The third kappa shape index (κ3) is 4.36. The highest BCUT2D eigenvalue weighted by atomic mass is 32.2. The van der Waals surface area contributed by atoms with Crippen molar-refractivity contribution >= 4 is 11.2 Å². The molecule has 2 aromatic rings. The fourth-order valence-electron chi connectivity index (χ4n) is 3.08. The number of hydrogen-bond acceptors (Lipinski definition) is 3. The first-order valence-electron chi connectivity index (χ1n) is 8.13. The van der Waals surface area contributed by atoms with E-state index < -0.39 is 11.2 Å². The SMILES string of the molecule is C[S+]([O-])c1ccc(CO[C@H]2CNCC[C@@H]2c2ccc(F)cc2)cc1. The molecule has 1 heterocycles. The lowest BCUT2D eigenvalue weighted by Crippen LogP contribution is -2.40. The van der Waals surface area contributed by atoms with Gasteiger partial charge in [0.1, 0.15) is 12.1 Å². The predicted molar refractivity (Wildman–Crippen MR) is 94.0 cm³/mol. The van der Waals surface area contributed by atoms with Crippen molar-refractivity contribution in [2.75, 3.05) is 19.3 Å². The summed E-state index contributed by atoms with van der Waals surface area (Å²) in [6.07, 6.45) is 2.71. The molecule has 1 aliphatic rings. The van der Waals surface area contributed by atoms with Crippen molar-refractivity contribution < 1.29 is 13.7 Å². The van der Waals surface area contributed by atoms with Crippen LogP contribution < -0.4 is 5.32 Å². The van der Waals surface area contributed by atoms with Crippen LogP contribution in [0.4, 0.5) is 4.39 Å². The Kier molecular flexibility index (Phi) is 5.89. The minimum absolute atomic E-state index is 0.0594. The van der Waals surface area contributed by atoms with Crippen LogP contribution in [0.1, 0.15) is 23.5 Å². The largest absolute Gasteiger partial charge is 0.612 e. The van der Waals surface area contributed by atoms with Crippen molar-refractivity contribution in [3.63, 3.8) is 0 Å². The van der Waals surface area contributed by atoms with Crippen LogP contribution in [0.3, 0.4) is 0 Å². The lowest BCUT2D eigenvalue weighted by atomic mass is 9.88. The second kappa shape index (κ2) is 8.12. The van der Waals surface area contributed by atoms with Crippen LogP contribution in [-0.4, -0.2) is 30.0 Å². The smallest absolute Gasteiger partial charge is 0.152 e. The molecule has 1 aliphatic heterocycles. The van der Waals surface area contributed by atoms with Crippen LogP contribution in [0.25, 0.3) is 0 Å². The van der Waals surface area contributed by atoms with Crippen molar-refractivity contribution in [2.45, 2.75) is 29.9 Å². The molecule has 0 aliphatic carbocycles. The number of nitrogens with one attached hydrogen (secondary N) is 1. The molecule has 0 amide bonds. The summed E-state index contributed by atoms with van der Waals surface area (Å²) >= 11 is -0.960. The van der Waals surface area contributed by atoms with Gasteiger partial charge in [-0.25, -0.2) is 4.39 Å². The fourth-order valence-corrected chi connectivity index (χ4v) is 3.60. The Morgan fingerprint density at radius 1 is 1.17 bits per heavy atom. The van der Waals surface area contributed by atoms with Gasteiger partial charge in [0, 0.05) is 12.5 Å². The lowest BCUT2D eigenvalue weighted by Gasteiger charge is -2.32. The van der Waals surface area contributed by atoms with Gasteiger partial charge in [0.2, 0.25) is 0 Å². The highest BCUT2D eigenvalue weighted by Crippen LogP contribution is 2.28. The molecular formula is C19H22FNO2S. The van der Waals surface area contributed by atoms with Crippen LogP contribution in [0.15, 0.2) is 53.4 Å². The summed E-state index contributed by atoms with van der Waals surface area (Å²) in [6.45, 7) is 2.25. The maximum Gasteiger partial charge on any atom is 0.152 e.